The highest BCUT2D eigenvalue weighted by molar-refractivity contribution is 7.80. The molecule has 10 heteroatoms. The van der Waals surface area contributed by atoms with E-state index in [2.05, 4.69) is 15.6 Å². The fourth-order valence-electron chi connectivity index (χ4n) is 4.70. The Kier molecular flexibility index (Phi) is 6.80. The van der Waals surface area contributed by atoms with Crippen LogP contribution in [0.15, 0.2) is 85.2 Å². The second kappa shape index (κ2) is 10.3. The van der Waals surface area contributed by atoms with Gasteiger partial charge >= 0.3 is 5.97 Å². The molecule has 2 aromatic heterocycles. The summed E-state index contributed by atoms with van der Waals surface area (Å²) in [5, 5.41) is 16.1. The monoisotopic (exact) mass is 527 g/mol. The van der Waals surface area contributed by atoms with Crippen LogP contribution in [0.5, 0.6) is 5.75 Å². The lowest BCUT2D eigenvalue weighted by Crippen LogP contribution is -2.30. The lowest BCUT2D eigenvalue weighted by atomic mass is 10.0. The Morgan fingerprint density at radius 2 is 1.82 bits per heavy atom. The third-order valence-corrected chi connectivity index (χ3v) is 6.66. The number of anilines is 2. The number of aromatic nitrogens is 2. The maximum absolute atomic E-state index is 11.9. The van der Waals surface area contributed by atoms with E-state index in [4.69, 9.17) is 17.0 Å². The van der Waals surface area contributed by atoms with Crippen LogP contribution in [-0.4, -0.2) is 38.8 Å². The van der Waals surface area contributed by atoms with Crippen LogP contribution in [0.2, 0.25) is 0 Å². The Morgan fingerprint density at radius 3 is 2.47 bits per heavy atom. The predicted molar refractivity (Wildman–Crippen MR) is 148 cm³/mol. The van der Waals surface area contributed by atoms with E-state index in [-0.39, 0.29) is 23.6 Å². The van der Waals surface area contributed by atoms with Gasteiger partial charge in [-0.05, 0) is 78.9 Å². The number of hydrogen-bond donors (Lipinski definition) is 3. The molecule has 1 fully saturated rings. The Morgan fingerprint density at radius 1 is 1.05 bits per heavy atom. The molecule has 9 nitrogen and oxygen atoms in total. The highest BCUT2D eigenvalue weighted by atomic mass is 32.1. The number of aromatic carboxylic acids is 1. The number of pyridine rings is 1. The number of thiocarbonyl (C=S) groups is 1. The Hall–Kier alpha value is -4.70. The summed E-state index contributed by atoms with van der Waals surface area (Å²) in [4.78, 5) is 29.8. The number of nitrogens with zero attached hydrogens (tertiary/aromatic N) is 3. The van der Waals surface area contributed by atoms with Crippen LogP contribution in [0.25, 0.3) is 5.69 Å². The number of rotatable bonds is 7. The molecule has 4 aromatic rings. The van der Waals surface area contributed by atoms with Gasteiger partial charge in [-0.1, -0.05) is 6.07 Å². The van der Waals surface area contributed by atoms with Gasteiger partial charge in [-0.3, -0.25) is 9.78 Å². The van der Waals surface area contributed by atoms with Crippen LogP contribution >= 0.6 is 12.2 Å². The molecule has 0 radical (unpaired) electrons. The summed E-state index contributed by atoms with van der Waals surface area (Å²) >= 11 is 5.84. The van der Waals surface area contributed by atoms with Gasteiger partial charge in [0.15, 0.2) is 5.11 Å². The number of carbonyl (C=O) groups excluding carboxylic acids is 1. The van der Waals surface area contributed by atoms with Gasteiger partial charge in [-0.25, -0.2) is 4.79 Å². The minimum Gasteiger partial charge on any atom is -0.495 e. The van der Waals surface area contributed by atoms with Gasteiger partial charge in [0.2, 0.25) is 5.91 Å². The van der Waals surface area contributed by atoms with Crippen LogP contribution in [0.4, 0.5) is 11.4 Å². The largest absolute Gasteiger partial charge is 0.495 e. The van der Waals surface area contributed by atoms with E-state index < -0.39 is 5.97 Å². The zero-order chi connectivity index (χ0) is 26.8. The molecule has 3 heterocycles. The number of nitrogens with one attached hydrogen (secondary N) is 2. The van der Waals surface area contributed by atoms with Crippen molar-refractivity contribution in [3.05, 3.63) is 102 Å². The van der Waals surface area contributed by atoms with Gasteiger partial charge in [-0.2, -0.15) is 0 Å². The van der Waals surface area contributed by atoms with Gasteiger partial charge in [0.1, 0.15) is 11.8 Å². The summed E-state index contributed by atoms with van der Waals surface area (Å²) in [5.74, 6) is -0.670. The zero-order valence-corrected chi connectivity index (χ0v) is 21.5. The van der Waals surface area contributed by atoms with Crippen molar-refractivity contribution in [3.8, 4) is 11.4 Å². The van der Waals surface area contributed by atoms with Crippen molar-refractivity contribution in [3.63, 3.8) is 0 Å². The minimum absolute atomic E-state index is 0.211. The molecule has 0 aliphatic carbocycles. The number of methoxy groups -OCH3 is 1. The van der Waals surface area contributed by atoms with Gasteiger partial charge < -0.3 is 29.9 Å². The van der Waals surface area contributed by atoms with Crippen molar-refractivity contribution in [1.29, 1.82) is 0 Å². The molecule has 2 aromatic carbocycles. The van der Waals surface area contributed by atoms with E-state index in [0.717, 1.165) is 22.8 Å². The number of carboxylic acid groups (broad SMARTS) is 1. The van der Waals surface area contributed by atoms with Crippen molar-refractivity contribution in [2.24, 2.45) is 0 Å². The molecule has 1 saturated heterocycles. The molecule has 1 amide bonds. The maximum atomic E-state index is 11.9. The van der Waals surface area contributed by atoms with E-state index in [1.165, 1.54) is 6.92 Å². The van der Waals surface area contributed by atoms with Gasteiger partial charge in [-0.15, -0.1) is 0 Å². The van der Waals surface area contributed by atoms with Crippen LogP contribution < -0.4 is 20.3 Å². The molecule has 5 rings (SSSR count). The fourth-order valence-corrected chi connectivity index (χ4v) is 5.05. The van der Waals surface area contributed by atoms with Crippen molar-refractivity contribution in [2.45, 2.75) is 19.0 Å². The number of carboxylic acids is 1. The molecule has 38 heavy (non-hydrogen) atoms. The quantitative estimate of drug-likeness (QED) is 0.297. The van der Waals surface area contributed by atoms with E-state index in [0.29, 0.717) is 16.5 Å². The SMILES string of the molecule is COc1ccc(N2C(=S)N[C@H](c3ccccn3)[C@@H]2c2cccn2-c2ccc(C(=O)O)cc2)cc1NC(C)=O. The van der Waals surface area contributed by atoms with Crippen LogP contribution in [-0.2, 0) is 4.79 Å². The molecular formula is C28H25N5O4S. The van der Waals surface area contributed by atoms with Gasteiger partial charge in [0.25, 0.3) is 0 Å². The summed E-state index contributed by atoms with van der Waals surface area (Å²) in [6.45, 7) is 1.44. The Bertz CT molecular complexity index is 1500. The van der Waals surface area contributed by atoms with Crippen LogP contribution in [0.1, 0.15) is 40.8 Å². The molecule has 0 spiro atoms. The van der Waals surface area contributed by atoms with E-state index in [9.17, 15) is 14.7 Å². The molecule has 0 unspecified atom stereocenters. The maximum Gasteiger partial charge on any atom is 0.335 e. The first-order valence-corrected chi connectivity index (χ1v) is 12.3. The summed E-state index contributed by atoms with van der Waals surface area (Å²) in [7, 11) is 1.55. The Balaban J connectivity index is 1.64. The molecule has 1 aliphatic rings. The van der Waals surface area contributed by atoms with Gasteiger partial charge in [0, 0.05) is 36.4 Å². The second-order valence-electron chi connectivity index (χ2n) is 8.72. The van der Waals surface area contributed by atoms with Crippen LogP contribution in [0, 0.1) is 0 Å². The molecule has 2 atom stereocenters. The molecular weight excluding hydrogens is 502 g/mol. The third kappa shape index (κ3) is 4.69. The molecule has 3 N–H and O–H groups in total. The lowest BCUT2D eigenvalue weighted by molar-refractivity contribution is -0.114. The molecule has 0 saturated carbocycles. The van der Waals surface area contributed by atoms with Crippen molar-refractivity contribution in [2.75, 3.05) is 17.3 Å². The van der Waals surface area contributed by atoms with Crippen molar-refractivity contribution >= 4 is 40.6 Å². The predicted octanol–water partition coefficient (Wildman–Crippen LogP) is 4.71. The van der Waals surface area contributed by atoms with E-state index in [1.807, 2.05) is 58.1 Å². The smallest absolute Gasteiger partial charge is 0.335 e. The Labute approximate surface area is 224 Å². The number of amides is 1. The van der Waals surface area contributed by atoms with Crippen molar-refractivity contribution in [1.82, 2.24) is 14.9 Å². The first kappa shape index (κ1) is 25.0. The normalized spacial score (nSPS) is 16.7. The summed E-state index contributed by atoms with van der Waals surface area (Å²) in [6.07, 6.45) is 3.67. The standard InChI is InChI=1S/C28H25N5O4S/c1-17(34)30-22-16-20(12-13-24(22)37-2)33-26(25(31-28(33)38)21-6-3-4-14-29-21)23-7-5-15-32(23)19-10-8-18(9-11-19)27(35)36/h3-16,25-26H,1-2H3,(H,30,34)(H,31,38)(H,35,36)/t25-,26+/m1/s1. The number of hydrogen-bond acceptors (Lipinski definition) is 5. The topological polar surface area (TPSA) is 109 Å². The van der Waals surface area contributed by atoms with Crippen LogP contribution in [0.3, 0.4) is 0 Å². The number of carbonyl (C=O) groups is 2. The molecule has 0 bridgehead atoms. The highest BCUT2D eigenvalue weighted by Gasteiger charge is 2.42. The third-order valence-electron chi connectivity index (χ3n) is 6.35. The molecule has 192 valence electrons. The lowest BCUT2D eigenvalue weighted by Gasteiger charge is -2.29. The summed E-state index contributed by atoms with van der Waals surface area (Å²) in [5.41, 5.74) is 4.02. The fraction of sp³-hybridized carbons (Fsp3) is 0.143. The first-order chi connectivity index (χ1) is 18.4. The summed E-state index contributed by atoms with van der Waals surface area (Å²) < 4.78 is 7.45. The average Bonchev–Trinajstić information content (AvgIpc) is 3.53. The average molecular weight is 528 g/mol. The van der Waals surface area contributed by atoms with E-state index >= 15 is 0 Å². The molecule has 1 aliphatic heterocycles. The van der Waals surface area contributed by atoms with Crippen molar-refractivity contribution < 1.29 is 19.4 Å². The number of benzene rings is 2. The zero-order valence-electron chi connectivity index (χ0n) is 20.7. The second-order valence-corrected chi connectivity index (χ2v) is 9.10. The minimum atomic E-state index is -0.981. The van der Waals surface area contributed by atoms with Gasteiger partial charge in [0.05, 0.1) is 30.1 Å². The highest BCUT2D eigenvalue weighted by Crippen LogP contribution is 2.43. The summed E-state index contributed by atoms with van der Waals surface area (Å²) in [6, 6.07) is 21.3. The first-order valence-electron chi connectivity index (χ1n) is 11.8. The number of ether oxygens (including phenoxy) is 1. The van der Waals surface area contributed by atoms with E-state index in [1.54, 1.807) is 43.6 Å².